The molecule has 33 heavy (non-hydrogen) atoms. The highest BCUT2D eigenvalue weighted by Crippen LogP contribution is 2.08. The van der Waals surface area contributed by atoms with Gasteiger partial charge in [0.1, 0.15) is 18.1 Å². The minimum Gasteiger partial charge on any atom is -0.480 e. The van der Waals surface area contributed by atoms with Gasteiger partial charge in [-0.2, -0.15) is 11.8 Å². The average molecular weight is 490 g/mol. The fourth-order valence-corrected chi connectivity index (χ4v) is 3.28. The van der Waals surface area contributed by atoms with Gasteiger partial charge in [0.2, 0.25) is 17.7 Å². The van der Waals surface area contributed by atoms with Crippen LogP contribution in [0.4, 0.5) is 0 Å². The third-order valence-electron chi connectivity index (χ3n) is 4.62. The lowest BCUT2D eigenvalue weighted by molar-refractivity contribution is -0.142. The first-order valence-corrected chi connectivity index (χ1v) is 12.2. The van der Waals surface area contributed by atoms with E-state index < -0.39 is 47.9 Å². The molecule has 0 aromatic heterocycles. The number of thioether (sulfide) groups is 1. The molecular weight excluding hydrogens is 450 g/mol. The second-order valence-corrected chi connectivity index (χ2v) is 9.14. The van der Waals surface area contributed by atoms with Gasteiger partial charge in [-0.15, -0.1) is 0 Å². The fraction of sp³-hybridized carbons (Fsp3) is 0.750. The van der Waals surface area contributed by atoms with Crippen molar-refractivity contribution >= 4 is 41.4 Å². The second-order valence-electron chi connectivity index (χ2n) is 8.16. The highest BCUT2D eigenvalue weighted by Gasteiger charge is 2.29. The summed E-state index contributed by atoms with van der Waals surface area (Å²) in [6.07, 6.45) is 3.11. The Hall–Kier alpha value is -2.54. The Morgan fingerprint density at radius 3 is 2.06 bits per heavy atom. The Labute approximate surface area is 199 Å². The number of guanidine groups is 1. The van der Waals surface area contributed by atoms with Gasteiger partial charge in [0, 0.05) is 6.54 Å². The molecule has 10 N–H and O–H groups in total. The summed E-state index contributed by atoms with van der Waals surface area (Å²) in [6.45, 7) is 5.45. The Kier molecular flexibility index (Phi) is 14.9. The van der Waals surface area contributed by atoms with Gasteiger partial charge in [0.05, 0.1) is 6.04 Å². The van der Waals surface area contributed by atoms with Crippen molar-refractivity contribution in [3.8, 4) is 0 Å². The number of hydrogen-bond acceptors (Lipinski definition) is 7. The van der Waals surface area contributed by atoms with Gasteiger partial charge in [0.25, 0.3) is 0 Å². The van der Waals surface area contributed by atoms with Crippen LogP contribution in [0.3, 0.4) is 0 Å². The minimum absolute atomic E-state index is 0.0380. The van der Waals surface area contributed by atoms with Gasteiger partial charge in [-0.1, -0.05) is 13.8 Å². The number of nitrogens with two attached hydrogens (primary N) is 3. The van der Waals surface area contributed by atoms with Crippen LogP contribution in [0.2, 0.25) is 0 Å². The number of carboxylic acid groups (broad SMARTS) is 1. The average Bonchev–Trinajstić information content (AvgIpc) is 2.72. The van der Waals surface area contributed by atoms with Crippen molar-refractivity contribution in [2.45, 2.75) is 70.6 Å². The molecule has 0 aromatic rings. The van der Waals surface area contributed by atoms with Gasteiger partial charge in [-0.05, 0) is 50.5 Å². The van der Waals surface area contributed by atoms with Gasteiger partial charge < -0.3 is 38.3 Å². The van der Waals surface area contributed by atoms with E-state index in [1.54, 1.807) is 11.8 Å². The smallest absolute Gasteiger partial charge is 0.326 e. The molecule has 0 rings (SSSR count). The summed E-state index contributed by atoms with van der Waals surface area (Å²) < 4.78 is 0. The summed E-state index contributed by atoms with van der Waals surface area (Å²) in [7, 11) is 0. The monoisotopic (exact) mass is 489 g/mol. The highest BCUT2D eigenvalue weighted by atomic mass is 32.2. The van der Waals surface area contributed by atoms with Crippen molar-refractivity contribution in [2.75, 3.05) is 18.6 Å². The van der Waals surface area contributed by atoms with Crippen molar-refractivity contribution < 1.29 is 24.3 Å². The van der Waals surface area contributed by atoms with E-state index in [2.05, 4.69) is 20.9 Å². The van der Waals surface area contributed by atoms with Gasteiger partial charge >= 0.3 is 5.97 Å². The lowest BCUT2D eigenvalue weighted by Crippen LogP contribution is -2.56. The minimum atomic E-state index is -1.21. The van der Waals surface area contributed by atoms with Crippen LogP contribution in [-0.4, -0.2) is 77.5 Å². The molecular formula is C20H39N7O5S. The molecule has 0 spiro atoms. The summed E-state index contributed by atoms with van der Waals surface area (Å²) in [5, 5.41) is 17.0. The Morgan fingerprint density at radius 2 is 1.55 bits per heavy atom. The second kappa shape index (κ2) is 16.1. The molecule has 4 atom stereocenters. The number of carbonyl (C=O) groups is 4. The lowest BCUT2D eigenvalue weighted by atomic mass is 10.0. The molecule has 0 aliphatic carbocycles. The number of aliphatic imine (C=N–C) groups is 1. The number of nitrogens with zero attached hydrogens (tertiary/aromatic N) is 1. The maximum absolute atomic E-state index is 12.8. The van der Waals surface area contributed by atoms with Crippen molar-refractivity contribution in [1.82, 2.24) is 16.0 Å². The van der Waals surface area contributed by atoms with E-state index in [1.807, 2.05) is 20.1 Å². The number of rotatable bonds is 16. The van der Waals surface area contributed by atoms with Crippen LogP contribution >= 0.6 is 11.8 Å². The molecule has 4 unspecified atom stereocenters. The zero-order valence-electron chi connectivity index (χ0n) is 19.8. The summed E-state index contributed by atoms with van der Waals surface area (Å²) >= 11 is 1.56. The van der Waals surface area contributed by atoms with Gasteiger partial charge in [-0.25, -0.2) is 4.79 Å². The van der Waals surface area contributed by atoms with Crippen LogP contribution in [0.25, 0.3) is 0 Å². The summed E-state index contributed by atoms with van der Waals surface area (Å²) in [5.74, 6) is -2.20. The summed E-state index contributed by atoms with van der Waals surface area (Å²) in [4.78, 5) is 52.9. The molecule has 0 fully saturated rings. The van der Waals surface area contributed by atoms with Crippen molar-refractivity contribution in [1.29, 1.82) is 0 Å². The van der Waals surface area contributed by atoms with Crippen molar-refractivity contribution in [3.05, 3.63) is 0 Å². The summed E-state index contributed by atoms with van der Waals surface area (Å²) in [6, 6.07) is -3.79. The molecule has 0 aromatic carbocycles. The van der Waals surface area contributed by atoms with Crippen molar-refractivity contribution in [3.63, 3.8) is 0 Å². The first-order chi connectivity index (χ1) is 15.4. The predicted octanol–water partition coefficient (Wildman–Crippen LogP) is -1.27. The normalized spacial score (nSPS) is 14.5. The lowest BCUT2D eigenvalue weighted by Gasteiger charge is -2.24. The molecule has 3 amide bonds. The van der Waals surface area contributed by atoms with Crippen LogP contribution in [-0.2, 0) is 19.2 Å². The zero-order chi connectivity index (χ0) is 25.6. The van der Waals surface area contributed by atoms with E-state index in [-0.39, 0.29) is 31.3 Å². The van der Waals surface area contributed by atoms with E-state index in [4.69, 9.17) is 17.2 Å². The van der Waals surface area contributed by atoms with Crippen LogP contribution in [0.15, 0.2) is 4.99 Å². The predicted molar refractivity (Wildman–Crippen MR) is 129 cm³/mol. The van der Waals surface area contributed by atoms with Crippen molar-refractivity contribution in [2.24, 2.45) is 28.1 Å². The van der Waals surface area contributed by atoms with Crippen LogP contribution < -0.4 is 33.2 Å². The van der Waals surface area contributed by atoms with E-state index in [9.17, 15) is 24.3 Å². The largest absolute Gasteiger partial charge is 0.480 e. The molecule has 0 saturated heterocycles. The van der Waals surface area contributed by atoms with Crippen LogP contribution in [0.5, 0.6) is 0 Å². The number of carboxylic acids is 1. The van der Waals surface area contributed by atoms with E-state index in [0.29, 0.717) is 18.6 Å². The summed E-state index contributed by atoms with van der Waals surface area (Å²) in [5.41, 5.74) is 16.3. The molecule has 0 bridgehead atoms. The molecule has 0 aliphatic rings. The Morgan fingerprint density at radius 1 is 0.939 bits per heavy atom. The van der Waals surface area contributed by atoms with E-state index >= 15 is 0 Å². The Bertz CT molecular complexity index is 686. The zero-order valence-corrected chi connectivity index (χ0v) is 20.6. The SMILES string of the molecule is CSCCC(N)C(=O)NC(C)C(=O)NC(CC(C)C)C(=O)NC(CCCN=C(N)N)C(=O)O. The molecule has 190 valence electrons. The molecule has 0 aliphatic heterocycles. The molecule has 13 heteroatoms. The number of amides is 3. The number of nitrogens with one attached hydrogen (secondary N) is 3. The molecule has 12 nitrogen and oxygen atoms in total. The number of aliphatic carboxylic acids is 1. The third-order valence-corrected chi connectivity index (χ3v) is 5.27. The van der Waals surface area contributed by atoms with Crippen LogP contribution in [0.1, 0.15) is 46.5 Å². The quantitative estimate of drug-likeness (QED) is 0.0779. The first-order valence-electron chi connectivity index (χ1n) is 10.8. The first kappa shape index (κ1) is 30.5. The molecule has 0 radical (unpaired) electrons. The topological polar surface area (TPSA) is 215 Å². The fourth-order valence-electron chi connectivity index (χ4n) is 2.79. The van der Waals surface area contributed by atoms with E-state index in [1.165, 1.54) is 6.92 Å². The third kappa shape index (κ3) is 13.6. The highest BCUT2D eigenvalue weighted by molar-refractivity contribution is 7.98. The number of hydrogen-bond donors (Lipinski definition) is 7. The Balaban J connectivity index is 5.05. The van der Waals surface area contributed by atoms with Gasteiger partial charge in [0.15, 0.2) is 5.96 Å². The van der Waals surface area contributed by atoms with Crippen LogP contribution in [0, 0.1) is 5.92 Å². The van der Waals surface area contributed by atoms with E-state index in [0.717, 1.165) is 0 Å². The molecule has 0 heterocycles. The maximum Gasteiger partial charge on any atom is 0.326 e. The standard InChI is InChI=1S/C20H39N7O5S/c1-11(2)10-15(18(30)26-14(19(31)32)6-5-8-24-20(22)23)27-16(28)12(3)25-17(29)13(21)7-9-33-4/h11-15H,5-10,21H2,1-4H3,(H,25,29)(H,26,30)(H,27,28)(H,31,32)(H4,22,23,24). The maximum atomic E-state index is 12.8. The molecule has 0 saturated carbocycles. The number of carbonyl (C=O) groups excluding carboxylic acids is 3. The van der Waals surface area contributed by atoms with Gasteiger partial charge in [-0.3, -0.25) is 19.4 Å².